The predicted octanol–water partition coefficient (Wildman–Crippen LogP) is 3.13. The fourth-order valence-electron chi connectivity index (χ4n) is 1.83. The average molecular weight is 267 g/mol. The van der Waals surface area contributed by atoms with Crippen LogP contribution in [0.25, 0.3) is 0 Å². The van der Waals surface area contributed by atoms with Crippen LogP contribution in [0.5, 0.6) is 0 Å². The first kappa shape index (κ1) is 15.4. The van der Waals surface area contributed by atoms with Crippen molar-refractivity contribution in [3.05, 3.63) is 29.8 Å². The van der Waals surface area contributed by atoms with Crippen molar-refractivity contribution in [2.75, 3.05) is 12.3 Å². The Bertz CT molecular complexity index is 390. The van der Waals surface area contributed by atoms with E-state index in [0.29, 0.717) is 17.7 Å². The van der Waals surface area contributed by atoms with Gasteiger partial charge in [0, 0.05) is 16.7 Å². The van der Waals surface area contributed by atoms with Crippen molar-refractivity contribution in [1.29, 1.82) is 0 Å². The molecule has 0 aliphatic carbocycles. The molecule has 0 saturated carbocycles. The summed E-state index contributed by atoms with van der Waals surface area (Å²) in [4.78, 5) is 0.943. The Balaban J connectivity index is 2.66. The zero-order valence-electron chi connectivity index (χ0n) is 11.9. The molecule has 0 radical (unpaired) electrons. The van der Waals surface area contributed by atoms with Crippen LogP contribution in [0.3, 0.4) is 0 Å². The topological polar surface area (TPSA) is 29.1 Å². The number of nitrogens with one attached hydrogen (secondary N) is 1. The average Bonchev–Trinajstić information content (AvgIpc) is 2.33. The lowest BCUT2D eigenvalue weighted by atomic mass is 10.1. The Hall–Kier alpha value is -0.670. The van der Waals surface area contributed by atoms with E-state index in [0.717, 1.165) is 17.9 Å². The van der Waals surface area contributed by atoms with Gasteiger partial charge in [-0.25, -0.2) is 0 Å². The fraction of sp³-hybridized carbons (Fsp3) is 0.600. The van der Waals surface area contributed by atoms with Crippen LogP contribution in [0, 0.1) is 12.8 Å². The van der Waals surface area contributed by atoms with E-state index in [2.05, 4.69) is 26.1 Å². The van der Waals surface area contributed by atoms with Gasteiger partial charge in [0.05, 0.1) is 10.8 Å². The molecular formula is C15H25NOS. The van der Waals surface area contributed by atoms with E-state index in [-0.39, 0.29) is 0 Å². The molecule has 18 heavy (non-hydrogen) atoms. The molecule has 1 N–H and O–H groups in total. The van der Waals surface area contributed by atoms with Crippen LogP contribution in [-0.2, 0) is 10.8 Å². The quantitative estimate of drug-likeness (QED) is 0.822. The first-order chi connectivity index (χ1) is 8.54. The van der Waals surface area contributed by atoms with Crippen LogP contribution in [0.2, 0.25) is 0 Å². The van der Waals surface area contributed by atoms with Crippen LogP contribution < -0.4 is 5.32 Å². The molecular weight excluding hydrogens is 242 g/mol. The lowest BCUT2D eigenvalue weighted by molar-refractivity contribution is 0.431. The molecule has 0 amide bonds. The number of rotatable bonds is 7. The van der Waals surface area contributed by atoms with Crippen molar-refractivity contribution in [1.82, 2.24) is 5.32 Å². The van der Waals surface area contributed by atoms with Gasteiger partial charge in [-0.3, -0.25) is 4.21 Å². The molecule has 1 aromatic carbocycles. The molecule has 0 aromatic heterocycles. The summed E-state index contributed by atoms with van der Waals surface area (Å²) < 4.78 is 12.3. The highest BCUT2D eigenvalue weighted by Crippen LogP contribution is 2.12. The molecule has 0 aliphatic rings. The number of hydrogen-bond donors (Lipinski definition) is 1. The predicted molar refractivity (Wildman–Crippen MR) is 79.4 cm³/mol. The number of hydrogen-bond acceptors (Lipinski definition) is 2. The Labute approximate surface area is 114 Å². The van der Waals surface area contributed by atoms with E-state index in [4.69, 9.17) is 0 Å². The fourth-order valence-corrected chi connectivity index (χ4v) is 3.40. The molecule has 0 aliphatic heterocycles. The van der Waals surface area contributed by atoms with Crippen LogP contribution in [-0.4, -0.2) is 22.5 Å². The minimum Gasteiger partial charge on any atom is -0.313 e. The second-order valence-corrected chi connectivity index (χ2v) is 6.63. The zero-order chi connectivity index (χ0) is 13.5. The summed E-state index contributed by atoms with van der Waals surface area (Å²) in [5.41, 5.74) is 1.17. The van der Waals surface area contributed by atoms with Gasteiger partial charge in [0.2, 0.25) is 0 Å². The Morgan fingerprint density at radius 3 is 2.61 bits per heavy atom. The minimum atomic E-state index is -0.910. The molecule has 2 unspecified atom stereocenters. The third-order valence-corrected chi connectivity index (χ3v) is 4.49. The van der Waals surface area contributed by atoms with Crippen LogP contribution >= 0.6 is 0 Å². The number of aryl methyl sites for hydroxylation is 1. The van der Waals surface area contributed by atoms with Gasteiger partial charge >= 0.3 is 0 Å². The van der Waals surface area contributed by atoms with Gasteiger partial charge in [-0.1, -0.05) is 32.9 Å². The molecule has 3 heteroatoms. The van der Waals surface area contributed by atoms with Crippen molar-refractivity contribution in [3.63, 3.8) is 0 Å². The summed E-state index contributed by atoms with van der Waals surface area (Å²) in [5.74, 6) is 1.20. The van der Waals surface area contributed by atoms with E-state index in [1.165, 1.54) is 5.56 Å². The summed E-state index contributed by atoms with van der Waals surface area (Å²) in [6.45, 7) is 9.55. The third kappa shape index (κ3) is 4.91. The lowest BCUT2D eigenvalue weighted by Crippen LogP contribution is -2.38. The molecule has 0 heterocycles. The lowest BCUT2D eigenvalue weighted by Gasteiger charge is -2.21. The highest BCUT2D eigenvalue weighted by atomic mass is 32.2. The molecule has 0 fully saturated rings. The normalized spacial score (nSPS) is 14.7. The molecule has 1 rings (SSSR count). The summed E-state index contributed by atoms with van der Waals surface area (Å²) in [6.07, 6.45) is 1.11. The summed E-state index contributed by atoms with van der Waals surface area (Å²) >= 11 is 0. The Kier molecular flexibility index (Phi) is 6.58. The molecule has 2 nitrogen and oxygen atoms in total. The SMILES string of the molecule is CCCNC(CS(=O)c1cccc(C)c1)C(C)C. The Morgan fingerprint density at radius 1 is 1.33 bits per heavy atom. The highest BCUT2D eigenvalue weighted by Gasteiger charge is 2.16. The van der Waals surface area contributed by atoms with Gasteiger partial charge in [0.25, 0.3) is 0 Å². The summed E-state index contributed by atoms with van der Waals surface area (Å²) in [5, 5.41) is 3.49. The molecule has 102 valence electrons. The van der Waals surface area contributed by atoms with E-state index >= 15 is 0 Å². The van der Waals surface area contributed by atoms with Gasteiger partial charge < -0.3 is 5.32 Å². The maximum atomic E-state index is 12.3. The van der Waals surface area contributed by atoms with Gasteiger partial charge in [0.15, 0.2) is 0 Å². The second-order valence-electron chi connectivity index (χ2n) is 5.13. The summed E-state index contributed by atoms with van der Waals surface area (Å²) in [6, 6.07) is 8.32. The molecule has 0 saturated heterocycles. The van der Waals surface area contributed by atoms with Crippen molar-refractivity contribution < 1.29 is 4.21 Å². The maximum Gasteiger partial charge on any atom is 0.0545 e. The van der Waals surface area contributed by atoms with Gasteiger partial charge in [-0.05, 0) is 43.5 Å². The maximum absolute atomic E-state index is 12.3. The molecule has 2 atom stereocenters. The first-order valence-electron chi connectivity index (χ1n) is 6.73. The van der Waals surface area contributed by atoms with Gasteiger partial charge in [-0.15, -0.1) is 0 Å². The monoisotopic (exact) mass is 267 g/mol. The third-order valence-electron chi connectivity index (χ3n) is 3.04. The molecule has 0 bridgehead atoms. The zero-order valence-corrected chi connectivity index (χ0v) is 12.7. The largest absolute Gasteiger partial charge is 0.313 e. The Morgan fingerprint density at radius 2 is 2.06 bits per heavy atom. The van der Waals surface area contributed by atoms with Crippen LogP contribution in [0.1, 0.15) is 32.8 Å². The molecule has 0 spiro atoms. The van der Waals surface area contributed by atoms with Crippen molar-refractivity contribution in [3.8, 4) is 0 Å². The standard InChI is InChI=1S/C15H25NOS/c1-5-9-16-15(12(2)3)11-18(17)14-8-6-7-13(4)10-14/h6-8,10,12,15-16H,5,9,11H2,1-4H3. The highest BCUT2D eigenvalue weighted by molar-refractivity contribution is 7.85. The first-order valence-corrected chi connectivity index (χ1v) is 8.05. The summed E-state index contributed by atoms with van der Waals surface area (Å²) in [7, 11) is -0.910. The van der Waals surface area contributed by atoms with Crippen molar-refractivity contribution in [2.45, 2.75) is 45.1 Å². The van der Waals surface area contributed by atoms with E-state index in [1.807, 2.05) is 31.2 Å². The van der Waals surface area contributed by atoms with Gasteiger partial charge in [-0.2, -0.15) is 0 Å². The van der Waals surface area contributed by atoms with Crippen molar-refractivity contribution in [2.24, 2.45) is 5.92 Å². The molecule has 1 aromatic rings. The number of benzene rings is 1. The van der Waals surface area contributed by atoms with E-state index in [9.17, 15) is 4.21 Å². The van der Waals surface area contributed by atoms with E-state index in [1.54, 1.807) is 0 Å². The van der Waals surface area contributed by atoms with Crippen molar-refractivity contribution >= 4 is 10.8 Å². The van der Waals surface area contributed by atoms with E-state index < -0.39 is 10.8 Å². The van der Waals surface area contributed by atoms with Gasteiger partial charge in [0.1, 0.15) is 0 Å². The van der Waals surface area contributed by atoms with Crippen LogP contribution in [0.4, 0.5) is 0 Å². The second kappa shape index (κ2) is 7.70. The smallest absolute Gasteiger partial charge is 0.0545 e. The van der Waals surface area contributed by atoms with Crippen LogP contribution in [0.15, 0.2) is 29.2 Å². The minimum absolute atomic E-state index is 0.325.